The van der Waals surface area contributed by atoms with Gasteiger partial charge in [0.15, 0.2) is 0 Å². The molecule has 2 rings (SSSR count). The lowest BCUT2D eigenvalue weighted by atomic mass is 9.94. The minimum atomic E-state index is -1.46. The Balaban J connectivity index is 2.21. The van der Waals surface area contributed by atoms with E-state index < -0.39 is 47.1 Å². The minimum absolute atomic E-state index is 0.423. The molecule has 1 aromatic carbocycles. The smallest absolute Gasteiger partial charge is 0.142 e. The van der Waals surface area contributed by atoms with Crippen LogP contribution in [0.2, 0.25) is 0 Å². The molecular weight excluding hydrogens is 268 g/mol. The van der Waals surface area contributed by atoms with E-state index in [1.54, 1.807) is 31.2 Å². The van der Waals surface area contributed by atoms with E-state index >= 15 is 0 Å². The molecule has 3 N–H and O–H groups in total. The third-order valence-electron chi connectivity index (χ3n) is 3.37. The average molecular weight is 286 g/mol. The molecule has 6 heteroatoms. The molecule has 1 aliphatic rings. The van der Waals surface area contributed by atoms with Crippen LogP contribution in [0, 0.1) is 5.92 Å². The zero-order valence-electron chi connectivity index (χ0n) is 10.5. The highest BCUT2D eigenvalue weighted by Gasteiger charge is 2.44. The van der Waals surface area contributed by atoms with Gasteiger partial charge in [-0.1, -0.05) is 25.1 Å². The second kappa shape index (κ2) is 6.11. The van der Waals surface area contributed by atoms with Gasteiger partial charge in [-0.15, -0.1) is 0 Å². The molecule has 1 aromatic rings. The van der Waals surface area contributed by atoms with Crippen molar-refractivity contribution in [2.45, 2.75) is 35.6 Å². The van der Waals surface area contributed by atoms with Crippen LogP contribution in [0.4, 0.5) is 0 Å². The summed E-state index contributed by atoms with van der Waals surface area (Å²) < 4.78 is 17.9. The van der Waals surface area contributed by atoms with Gasteiger partial charge in [-0.05, 0) is 12.1 Å². The summed E-state index contributed by atoms with van der Waals surface area (Å²) in [6, 6.07) is 8.81. The first-order valence-corrected chi connectivity index (χ1v) is 7.35. The minimum Gasteiger partial charge on any atom is -0.394 e. The van der Waals surface area contributed by atoms with Gasteiger partial charge >= 0.3 is 0 Å². The highest BCUT2D eigenvalue weighted by molar-refractivity contribution is 7.85. The maximum atomic E-state index is 12.4. The second-order valence-corrected chi connectivity index (χ2v) is 6.21. The number of hydrogen-bond acceptors (Lipinski definition) is 5. The van der Waals surface area contributed by atoms with E-state index in [0.717, 1.165) is 0 Å². The van der Waals surface area contributed by atoms with Crippen LogP contribution in [0.25, 0.3) is 0 Å². The van der Waals surface area contributed by atoms with E-state index in [2.05, 4.69) is 0 Å². The van der Waals surface area contributed by atoms with Gasteiger partial charge in [-0.25, -0.2) is 0 Å². The predicted octanol–water partition coefficient (Wildman–Crippen LogP) is -0.131. The summed E-state index contributed by atoms with van der Waals surface area (Å²) in [5.41, 5.74) is -0.752. The van der Waals surface area contributed by atoms with Crippen LogP contribution >= 0.6 is 0 Å². The van der Waals surface area contributed by atoms with Crippen LogP contribution in [-0.2, 0) is 15.5 Å². The monoisotopic (exact) mass is 286 g/mol. The number of hydrogen-bond donors (Lipinski definition) is 3. The number of rotatable bonds is 3. The lowest BCUT2D eigenvalue weighted by molar-refractivity contribution is -0.182. The third kappa shape index (κ3) is 2.88. The lowest BCUT2D eigenvalue weighted by Crippen LogP contribution is -2.55. The summed E-state index contributed by atoms with van der Waals surface area (Å²) in [7, 11) is -1.46. The quantitative estimate of drug-likeness (QED) is 0.720. The number of benzene rings is 1. The maximum absolute atomic E-state index is 12.4. The summed E-state index contributed by atoms with van der Waals surface area (Å²) in [4.78, 5) is 0.597. The fraction of sp³-hybridized carbons (Fsp3) is 0.538. The van der Waals surface area contributed by atoms with Gasteiger partial charge in [0, 0.05) is 10.8 Å². The molecule has 0 bridgehead atoms. The number of aliphatic hydroxyl groups is 3. The largest absolute Gasteiger partial charge is 0.394 e. The van der Waals surface area contributed by atoms with Crippen molar-refractivity contribution in [1.29, 1.82) is 0 Å². The SMILES string of the molecule is CC1C(O)C(O)C(CO)OC1S(=O)c1ccccc1. The third-order valence-corrected chi connectivity index (χ3v) is 5.07. The molecule has 0 aliphatic carbocycles. The van der Waals surface area contributed by atoms with Crippen LogP contribution in [0.1, 0.15) is 6.92 Å². The molecule has 6 atom stereocenters. The Morgan fingerprint density at radius 1 is 1.21 bits per heavy atom. The molecule has 1 heterocycles. The zero-order chi connectivity index (χ0) is 14.0. The highest BCUT2D eigenvalue weighted by atomic mass is 32.2. The highest BCUT2D eigenvalue weighted by Crippen LogP contribution is 2.30. The van der Waals surface area contributed by atoms with Crippen molar-refractivity contribution < 1.29 is 24.3 Å². The van der Waals surface area contributed by atoms with Gasteiger partial charge in [-0.3, -0.25) is 4.21 Å². The Hall–Kier alpha value is -0.790. The molecule has 19 heavy (non-hydrogen) atoms. The van der Waals surface area contributed by atoms with Crippen LogP contribution in [0.15, 0.2) is 35.2 Å². The molecule has 0 aromatic heterocycles. The molecule has 1 fully saturated rings. The molecule has 1 aliphatic heterocycles. The number of aliphatic hydroxyl groups excluding tert-OH is 3. The second-order valence-electron chi connectivity index (χ2n) is 4.68. The molecule has 0 saturated carbocycles. The van der Waals surface area contributed by atoms with E-state index in [1.807, 2.05) is 6.07 Å². The molecule has 5 nitrogen and oxygen atoms in total. The van der Waals surface area contributed by atoms with Crippen LogP contribution in [-0.4, -0.2) is 49.9 Å². The fourth-order valence-corrected chi connectivity index (χ4v) is 3.64. The molecule has 0 spiro atoms. The molecule has 0 radical (unpaired) electrons. The normalized spacial score (nSPS) is 36.9. The van der Waals surface area contributed by atoms with Crippen molar-refractivity contribution in [2.24, 2.45) is 5.92 Å². The molecule has 6 unspecified atom stereocenters. The average Bonchev–Trinajstić information content (AvgIpc) is 2.45. The van der Waals surface area contributed by atoms with Gasteiger partial charge in [0.2, 0.25) is 0 Å². The molecule has 0 amide bonds. The number of ether oxygens (including phenoxy) is 1. The van der Waals surface area contributed by atoms with Crippen molar-refractivity contribution in [3.63, 3.8) is 0 Å². The van der Waals surface area contributed by atoms with Gasteiger partial charge in [0.1, 0.15) is 17.6 Å². The Kier molecular flexibility index (Phi) is 4.70. The van der Waals surface area contributed by atoms with Crippen molar-refractivity contribution >= 4 is 10.8 Å². The van der Waals surface area contributed by atoms with Crippen LogP contribution < -0.4 is 0 Å². The molecular formula is C13H18O5S. The van der Waals surface area contributed by atoms with Gasteiger partial charge in [-0.2, -0.15) is 0 Å². The van der Waals surface area contributed by atoms with Crippen molar-refractivity contribution in [3.05, 3.63) is 30.3 Å². The van der Waals surface area contributed by atoms with E-state index in [9.17, 15) is 14.4 Å². The molecule has 106 valence electrons. The first kappa shape index (κ1) is 14.6. The maximum Gasteiger partial charge on any atom is 0.142 e. The summed E-state index contributed by atoms with van der Waals surface area (Å²) in [6.07, 6.45) is -3.14. The Morgan fingerprint density at radius 3 is 2.42 bits per heavy atom. The van der Waals surface area contributed by atoms with Crippen molar-refractivity contribution in [3.8, 4) is 0 Å². The first-order valence-electron chi connectivity index (χ1n) is 6.14. The molecule has 1 saturated heterocycles. The zero-order valence-corrected chi connectivity index (χ0v) is 11.4. The summed E-state index contributed by atoms with van der Waals surface area (Å²) in [5.74, 6) is -0.487. The first-order chi connectivity index (χ1) is 9.06. The fourth-order valence-electron chi connectivity index (χ4n) is 2.15. The van der Waals surface area contributed by atoms with Crippen LogP contribution in [0.3, 0.4) is 0 Å². The predicted molar refractivity (Wildman–Crippen MR) is 69.8 cm³/mol. The van der Waals surface area contributed by atoms with Crippen molar-refractivity contribution in [2.75, 3.05) is 6.61 Å². The lowest BCUT2D eigenvalue weighted by Gasteiger charge is -2.40. The van der Waals surface area contributed by atoms with Gasteiger partial charge in [0.05, 0.1) is 23.5 Å². The summed E-state index contributed by atoms with van der Waals surface area (Å²) in [5, 5.41) is 28.8. The van der Waals surface area contributed by atoms with Crippen molar-refractivity contribution in [1.82, 2.24) is 0 Å². The summed E-state index contributed by atoms with van der Waals surface area (Å²) in [6.45, 7) is 1.25. The van der Waals surface area contributed by atoms with Gasteiger partial charge in [0.25, 0.3) is 0 Å². The topological polar surface area (TPSA) is 87.0 Å². The van der Waals surface area contributed by atoms with E-state index in [1.165, 1.54) is 0 Å². The Morgan fingerprint density at radius 2 is 1.84 bits per heavy atom. The summed E-state index contributed by atoms with van der Waals surface area (Å²) >= 11 is 0. The van der Waals surface area contributed by atoms with E-state index in [0.29, 0.717) is 4.90 Å². The van der Waals surface area contributed by atoms with Gasteiger partial charge < -0.3 is 20.1 Å². The van der Waals surface area contributed by atoms with Crippen LogP contribution in [0.5, 0.6) is 0 Å². The Labute approximate surface area is 114 Å². The van der Waals surface area contributed by atoms with E-state index in [-0.39, 0.29) is 0 Å². The van der Waals surface area contributed by atoms with E-state index in [4.69, 9.17) is 9.84 Å². The standard InChI is InChI=1S/C13H18O5S/c1-8-11(15)12(16)10(7-14)18-13(8)19(17)9-5-3-2-4-6-9/h2-6,8,10-16H,7H2,1H3. The Bertz CT molecular complexity index is 436.